The van der Waals surface area contributed by atoms with Gasteiger partial charge >= 0.3 is 5.97 Å². The van der Waals surface area contributed by atoms with E-state index in [2.05, 4.69) is 29.4 Å². The number of fused-ring (bicyclic) bond motifs is 1. The van der Waals surface area contributed by atoms with Crippen molar-refractivity contribution in [3.05, 3.63) is 114 Å². The first-order valence-corrected chi connectivity index (χ1v) is 20.6. The van der Waals surface area contributed by atoms with Crippen LogP contribution < -0.4 is 20.3 Å². The third kappa shape index (κ3) is 9.41. The molecule has 4 aromatic carbocycles. The second-order valence-corrected chi connectivity index (χ2v) is 16.0. The Morgan fingerprint density at radius 3 is 2.04 bits per heavy atom. The van der Waals surface area contributed by atoms with Gasteiger partial charge < -0.3 is 25.0 Å². The minimum Gasteiger partial charge on any atom is -0.483 e. The topological polar surface area (TPSA) is 131 Å². The quantitative estimate of drug-likeness (QED) is 0.0956. The van der Waals surface area contributed by atoms with E-state index >= 15 is 0 Å². The minimum atomic E-state index is -3.79. The molecular weight excluding hydrogens is 711 g/mol. The lowest BCUT2D eigenvalue weighted by Crippen LogP contribution is -2.44. The summed E-state index contributed by atoms with van der Waals surface area (Å²) in [6.45, 7) is 4.21. The lowest BCUT2D eigenvalue weighted by atomic mass is 9.81. The number of unbranched alkanes of at least 4 members (excludes halogenated alkanes) is 1. The molecule has 2 amide bonds. The second kappa shape index (κ2) is 17.8. The van der Waals surface area contributed by atoms with E-state index in [0.29, 0.717) is 34.7 Å². The number of thioether (sulfide) groups is 1. The zero-order chi connectivity index (χ0) is 38.0. The number of benzene rings is 4. The zero-order valence-corrected chi connectivity index (χ0v) is 32.2. The van der Waals surface area contributed by atoms with E-state index in [4.69, 9.17) is 9.47 Å². The van der Waals surface area contributed by atoms with Crippen LogP contribution in [0.1, 0.15) is 62.7 Å². The SMILES string of the molecule is CCCCC1(CC)CN(c2ccccc2)c2cc(SC)c(OCC(=O)NC(C(=O)N[C@@H](C(=O)OC)c3ccccc3)c3ccccc3)cc2S(=O)(=O)C1. The van der Waals surface area contributed by atoms with Crippen molar-refractivity contribution in [2.45, 2.75) is 61.4 Å². The van der Waals surface area contributed by atoms with Gasteiger partial charge in [0.15, 0.2) is 22.5 Å². The Morgan fingerprint density at radius 1 is 0.868 bits per heavy atom. The van der Waals surface area contributed by atoms with Gasteiger partial charge in [0, 0.05) is 23.7 Å². The monoisotopic (exact) mass is 757 g/mol. The first-order chi connectivity index (χ1) is 25.5. The molecule has 1 aliphatic rings. The van der Waals surface area contributed by atoms with E-state index in [1.165, 1.54) is 24.9 Å². The van der Waals surface area contributed by atoms with Crippen LogP contribution in [-0.4, -0.2) is 58.5 Å². The summed E-state index contributed by atoms with van der Waals surface area (Å²) in [6, 6.07) is 28.2. The molecule has 12 heteroatoms. The molecule has 0 aromatic heterocycles. The molecule has 0 fully saturated rings. The molecule has 2 unspecified atom stereocenters. The summed E-state index contributed by atoms with van der Waals surface area (Å²) < 4.78 is 39.6. The Labute approximate surface area is 316 Å². The average molecular weight is 758 g/mol. The van der Waals surface area contributed by atoms with E-state index in [9.17, 15) is 22.8 Å². The summed E-state index contributed by atoms with van der Waals surface area (Å²) in [5, 5.41) is 5.48. The van der Waals surface area contributed by atoms with Gasteiger partial charge in [0.1, 0.15) is 11.8 Å². The fraction of sp³-hybridized carbons (Fsp3) is 0.341. The summed E-state index contributed by atoms with van der Waals surface area (Å²) >= 11 is 1.38. The maximum atomic E-state index is 14.3. The molecule has 10 nitrogen and oxygen atoms in total. The van der Waals surface area contributed by atoms with Gasteiger partial charge in [-0.25, -0.2) is 13.2 Å². The van der Waals surface area contributed by atoms with Crippen LogP contribution in [0.4, 0.5) is 11.4 Å². The molecular formula is C41H47N3O7S2. The number of nitrogens with one attached hydrogen (secondary N) is 2. The number of hydrogen-bond acceptors (Lipinski definition) is 9. The highest BCUT2D eigenvalue weighted by atomic mass is 32.2. The fourth-order valence-corrected chi connectivity index (χ4v) is 9.43. The minimum absolute atomic E-state index is 0.00517. The van der Waals surface area contributed by atoms with Crippen LogP contribution in [0.2, 0.25) is 0 Å². The standard InChI is InChI=1S/C41H47N3O7S2/c1-5-7-23-41(6-2)27-44(31-21-15-10-16-22-31)32-24-34(52-4)33(25-35(32)53(48,49)28-41)51-26-36(45)42-37(29-17-11-8-12-18-29)39(46)43-38(40(47)50-3)30-19-13-9-14-20-30/h8-22,24-25,37-38H,5-7,23,26-28H2,1-4H3,(H,42,45)(H,43,46)/t37?,38-,41?/m1/s1. The number of para-hydroxylation sites is 1. The molecule has 53 heavy (non-hydrogen) atoms. The molecule has 280 valence electrons. The molecule has 0 spiro atoms. The molecule has 0 saturated heterocycles. The number of carbonyl (C=O) groups is 3. The Balaban J connectivity index is 1.43. The Hall–Kier alpha value is -4.81. The molecule has 1 aliphatic heterocycles. The molecule has 5 rings (SSSR count). The molecule has 2 N–H and O–H groups in total. The van der Waals surface area contributed by atoms with Crippen molar-refractivity contribution in [3.8, 4) is 5.75 Å². The van der Waals surface area contributed by atoms with Gasteiger partial charge in [-0.1, -0.05) is 106 Å². The molecule has 4 aromatic rings. The number of sulfone groups is 1. The van der Waals surface area contributed by atoms with E-state index in [-0.39, 0.29) is 16.4 Å². The van der Waals surface area contributed by atoms with Gasteiger partial charge in [-0.05, 0) is 48.4 Å². The predicted molar refractivity (Wildman–Crippen MR) is 208 cm³/mol. The number of rotatable bonds is 15. The molecule has 0 bridgehead atoms. The highest BCUT2D eigenvalue weighted by Crippen LogP contribution is 2.47. The summed E-state index contributed by atoms with van der Waals surface area (Å²) in [6.07, 6.45) is 5.22. The van der Waals surface area contributed by atoms with Crippen LogP contribution in [0.5, 0.6) is 5.75 Å². The van der Waals surface area contributed by atoms with E-state index in [1.54, 1.807) is 60.7 Å². The van der Waals surface area contributed by atoms with Crippen molar-refractivity contribution < 1.29 is 32.3 Å². The maximum Gasteiger partial charge on any atom is 0.333 e. The number of carbonyl (C=O) groups excluding carboxylic acids is 3. The van der Waals surface area contributed by atoms with Crippen LogP contribution in [0.25, 0.3) is 0 Å². The molecule has 0 radical (unpaired) electrons. The first-order valence-electron chi connectivity index (χ1n) is 17.7. The highest BCUT2D eigenvalue weighted by molar-refractivity contribution is 7.98. The van der Waals surface area contributed by atoms with Crippen LogP contribution in [-0.2, 0) is 29.0 Å². The summed E-state index contributed by atoms with van der Waals surface area (Å²) in [5.74, 6) is -1.68. The number of hydrogen-bond donors (Lipinski definition) is 2. The van der Waals surface area contributed by atoms with Crippen molar-refractivity contribution in [3.63, 3.8) is 0 Å². The number of nitrogens with zero attached hydrogens (tertiary/aromatic N) is 1. The lowest BCUT2D eigenvalue weighted by molar-refractivity contribution is -0.145. The second-order valence-electron chi connectivity index (χ2n) is 13.2. The Bertz CT molecular complexity index is 1980. The van der Waals surface area contributed by atoms with Gasteiger partial charge in [-0.3, -0.25) is 9.59 Å². The Kier molecular flexibility index (Phi) is 13.2. The van der Waals surface area contributed by atoms with Crippen molar-refractivity contribution in [2.24, 2.45) is 5.41 Å². The number of ether oxygens (including phenoxy) is 2. The van der Waals surface area contributed by atoms with Crippen molar-refractivity contribution in [1.29, 1.82) is 0 Å². The zero-order valence-electron chi connectivity index (χ0n) is 30.5. The predicted octanol–water partition coefficient (Wildman–Crippen LogP) is 7.19. The highest BCUT2D eigenvalue weighted by Gasteiger charge is 2.42. The smallest absolute Gasteiger partial charge is 0.333 e. The van der Waals surface area contributed by atoms with Crippen molar-refractivity contribution in [2.75, 3.05) is 37.2 Å². The van der Waals surface area contributed by atoms with Gasteiger partial charge in [-0.2, -0.15) is 0 Å². The number of esters is 1. The van der Waals surface area contributed by atoms with Crippen LogP contribution >= 0.6 is 11.8 Å². The lowest BCUT2D eigenvalue weighted by Gasteiger charge is -2.36. The summed E-state index contributed by atoms with van der Waals surface area (Å²) in [5.41, 5.74) is 2.00. The van der Waals surface area contributed by atoms with Crippen molar-refractivity contribution in [1.82, 2.24) is 10.6 Å². The Morgan fingerprint density at radius 2 is 1.47 bits per heavy atom. The fourth-order valence-electron chi connectivity index (χ4n) is 6.70. The first kappa shape index (κ1) is 39.4. The summed E-state index contributed by atoms with van der Waals surface area (Å²) in [4.78, 5) is 42.9. The van der Waals surface area contributed by atoms with E-state index in [0.717, 1.165) is 24.9 Å². The third-order valence-electron chi connectivity index (χ3n) is 9.65. The number of methoxy groups -OCH3 is 1. The average Bonchev–Trinajstić information content (AvgIpc) is 3.28. The van der Waals surface area contributed by atoms with E-state index < -0.39 is 51.7 Å². The molecule has 1 heterocycles. The molecule has 3 atom stereocenters. The normalized spacial score (nSPS) is 17.4. The van der Waals surface area contributed by atoms with Gasteiger partial charge in [0.05, 0.1) is 28.3 Å². The van der Waals surface area contributed by atoms with Crippen LogP contribution in [0.15, 0.2) is 113 Å². The number of anilines is 2. The number of amides is 2. The van der Waals surface area contributed by atoms with Crippen LogP contribution in [0.3, 0.4) is 0 Å². The summed E-state index contributed by atoms with van der Waals surface area (Å²) in [7, 11) is -2.55. The molecule has 0 aliphatic carbocycles. The van der Waals surface area contributed by atoms with E-state index in [1.807, 2.05) is 42.7 Å². The van der Waals surface area contributed by atoms with Gasteiger partial charge in [0.25, 0.3) is 5.91 Å². The maximum absolute atomic E-state index is 14.3. The van der Waals surface area contributed by atoms with Crippen LogP contribution in [0, 0.1) is 5.41 Å². The third-order valence-corrected chi connectivity index (χ3v) is 12.4. The van der Waals surface area contributed by atoms with Crippen molar-refractivity contribution >= 4 is 50.8 Å². The van der Waals surface area contributed by atoms with Gasteiger partial charge in [-0.15, -0.1) is 11.8 Å². The van der Waals surface area contributed by atoms with Gasteiger partial charge in [0.2, 0.25) is 5.91 Å². The molecule has 0 saturated carbocycles. The largest absolute Gasteiger partial charge is 0.483 e.